The monoisotopic (exact) mass is 930 g/mol. The van der Waals surface area contributed by atoms with E-state index in [0.29, 0.717) is 29.6 Å². The molecule has 5 rings (SSSR count). The Morgan fingerprint density at radius 3 is 1.51 bits per heavy atom. The summed E-state index contributed by atoms with van der Waals surface area (Å²) < 4.78 is 3.55. The number of para-hydroxylation sites is 1. The van der Waals surface area contributed by atoms with Crippen molar-refractivity contribution in [1.82, 2.24) is 9.55 Å². The molecule has 0 amide bonds. The Balaban J connectivity index is 0.00000138. The minimum Gasteiger partial charge on any atom is -0.671 e. The zero-order chi connectivity index (χ0) is 40.9. The molecule has 8 heteroatoms. The van der Waals surface area contributed by atoms with Gasteiger partial charge in [0, 0.05) is 33.8 Å². The van der Waals surface area contributed by atoms with Crippen LogP contribution in [0.15, 0.2) is 60.8 Å². The molecule has 0 saturated carbocycles. The largest absolute Gasteiger partial charge is 4.00 e. The smallest absolute Gasteiger partial charge is 0.671 e. The molecular weight excluding hydrogens is 859 g/mol. The molecule has 3 aromatic carbocycles. The number of thiophene rings is 1. The van der Waals surface area contributed by atoms with Crippen molar-refractivity contribution in [1.29, 1.82) is 0 Å². The normalized spacial score (nSPS) is 11.5. The van der Waals surface area contributed by atoms with Crippen molar-refractivity contribution < 1.29 is 25.8 Å². The van der Waals surface area contributed by atoms with Gasteiger partial charge in [-0.2, -0.15) is 42.3 Å². The van der Waals surface area contributed by atoms with E-state index in [-0.39, 0.29) is 31.9 Å². The fourth-order valence-electron chi connectivity index (χ4n) is 6.71. The number of hydrogen-bond donors (Lipinski definition) is 0. The molecular formula is C47H70HfN6S. The van der Waals surface area contributed by atoms with Gasteiger partial charge in [-0.1, -0.05) is 129 Å². The van der Waals surface area contributed by atoms with Gasteiger partial charge < -0.3 is 25.8 Å². The second-order valence-corrected chi connectivity index (χ2v) is 16.9. The average Bonchev–Trinajstić information content (AvgIpc) is 3.65. The Morgan fingerprint density at radius 2 is 1.07 bits per heavy atom. The number of rotatable bonds is 10. The molecule has 2 aromatic heterocycles. The second kappa shape index (κ2) is 24.2. The van der Waals surface area contributed by atoms with Crippen molar-refractivity contribution in [2.75, 3.05) is 42.3 Å². The van der Waals surface area contributed by atoms with Crippen LogP contribution in [0.3, 0.4) is 0 Å². The summed E-state index contributed by atoms with van der Waals surface area (Å²) in [6.45, 7) is 25.3. The zero-order valence-electron chi connectivity index (χ0n) is 37.3. The summed E-state index contributed by atoms with van der Waals surface area (Å²) >= 11 is 1.85. The zero-order valence-corrected chi connectivity index (χ0v) is 41.7. The van der Waals surface area contributed by atoms with E-state index >= 15 is 0 Å². The molecule has 55 heavy (non-hydrogen) atoms. The molecule has 0 saturated heterocycles. The predicted molar refractivity (Wildman–Crippen MR) is 243 cm³/mol. The molecule has 0 aliphatic rings. The number of aromatic nitrogens is 2. The van der Waals surface area contributed by atoms with Crippen LogP contribution in [0, 0.1) is 6.92 Å². The number of fused-ring (bicyclic) bond motifs is 1. The third-order valence-corrected chi connectivity index (χ3v) is 10.3. The molecule has 298 valence electrons. The van der Waals surface area contributed by atoms with Crippen molar-refractivity contribution in [3.63, 3.8) is 0 Å². The minimum absolute atomic E-state index is 0. The minimum atomic E-state index is -0.248. The molecule has 1 atom stereocenters. The molecule has 0 spiro atoms. The summed E-state index contributed by atoms with van der Waals surface area (Å²) in [4.78, 5) is 6.82. The van der Waals surface area contributed by atoms with E-state index in [4.69, 9.17) is 10.3 Å². The molecule has 6 nitrogen and oxygen atoms in total. The number of benzene rings is 3. The van der Waals surface area contributed by atoms with E-state index in [1.165, 1.54) is 53.9 Å². The maximum Gasteiger partial charge on any atom is 4.00 e. The third kappa shape index (κ3) is 12.9. The van der Waals surface area contributed by atoms with Crippen LogP contribution < -0.4 is 0 Å². The van der Waals surface area contributed by atoms with Gasteiger partial charge in [0.15, 0.2) is 0 Å². The molecule has 0 aliphatic heterocycles. The van der Waals surface area contributed by atoms with Crippen LogP contribution in [0.1, 0.15) is 149 Å². The Bertz CT molecular complexity index is 1810. The van der Waals surface area contributed by atoms with Crippen LogP contribution >= 0.6 is 11.3 Å². The molecule has 0 N–H and O–H groups in total. The van der Waals surface area contributed by atoms with E-state index in [1.54, 1.807) is 42.3 Å². The van der Waals surface area contributed by atoms with Crippen LogP contribution in [-0.2, 0) is 32.9 Å². The van der Waals surface area contributed by atoms with Gasteiger partial charge in [-0.25, -0.2) is 4.98 Å². The molecule has 1 unspecified atom stereocenters. The van der Waals surface area contributed by atoms with Crippen LogP contribution in [0.25, 0.3) is 42.6 Å². The average molecular weight is 930 g/mol. The standard InChI is InChI=1S/C41H52N3S.3C2H6N.Hf/c1-23(2)29-20-33(26(7)8)38(34(21-29)27(9)10)40(43-39-30(24(3)4)17-15-18-31(39)25(5)6)41-42-35(22-44(41)12)37-28(11)45-36-19-14-13-16-32(36)37;3*1-3-2;/h13-27,40H,1-12H3;3*1-2H3;/q4*-1;+4. The molecule has 0 aliphatic carbocycles. The van der Waals surface area contributed by atoms with Gasteiger partial charge in [0.2, 0.25) is 0 Å². The van der Waals surface area contributed by atoms with Crippen molar-refractivity contribution in [3.05, 3.63) is 126 Å². The van der Waals surface area contributed by atoms with Crippen LogP contribution in [0.5, 0.6) is 0 Å². The predicted octanol–water partition coefficient (Wildman–Crippen LogP) is 14.9. The van der Waals surface area contributed by atoms with Gasteiger partial charge in [0.25, 0.3) is 0 Å². The van der Waals surface area contributed by atoms with Crippen molar-refractivity contribution >= 4 is 27.1 Å². The van der Waals surface area contributed by atoms with E-state index in [0.717, 1.165) is 17.2 Å². The maximum absolute atomic E-state index is 5.86. The second-order valence-electron chi connectivity index (χ2n) is 15.7. The number of aryl methyl sites for hydroxylation is 2. The summed E-state index contributed by atoms with van der Waals surface area (Å²) in [5.41, 5.74) is 11.5. The Morgan fingerprint density at radius 1 is 0.618 bits per heavy atom. The summed E-state index contributed by atoms with van der Waals surface area (Å²) in [5.74, 6) is 2.86. The Hall–Kier alpha value is -2.62. The third-order valence-electron chi connectivity index (χ3n) is 9.24. The summed E-state index contributed by atoms with van der Waals surface area (Å²) in [5, 5.41) is 17.6. The number of imidazole rings is 1. The molecule has 0 radical (unpaired) electrons. The number of nitrogens with zero attached hydrogens (tertiary/aromatic N) is 6. The van der Waals surface area contributed by atoms with Gasteiger partial charge >= 0.3 is 25.8 Å². The first kappa shape index (κ1) is 50.4. The van der Waals surface area contributed by atoms with Crippen molar-refractivity contribution in [2.45, 2.75) is 112 Å². The summed E-state index contributed by atoms with van der Waals surface area (Å²) in [7, 11) is 12.7. The van der Waals surface area contributed by atoms with Gasteiger partial charge in [0.05, 0.1) is 11.5 Å². The molecule has 0 bridgehead atoms. The topological polar surface area (TPSA) is 74.2 Å². The van der Waals surface area contributed by atoms with Gasteiger partial charge in [-0.3, -0.25) is 0 Å². The first-order valence-corrected chi connectivity index (χ1v) is 20.3. The first-order chi connectivity index (χ1) is 25.5. The summed E-state index contributed by atoms with van der Waals surface area (Å²) in [6.07, 6.45) is 2.23. The number of hydrogen-bond acceptors (Lipinski definition) is 2. The van der Waals surface area contributed by atoms with Gasteiger partial charge in [0.1, 0.15) is 0 Å². The van der Waals surface area contributed by atoms with E-state index in [9.17, 15) is 0 Å². The van der Waals surface area contributed by atoms with E-state index < -0.39 is 0 Å². The van der Waals surface area contributed by atoms with E-state index in [2.05, 4.69) is 165 Å². The van der Waals surface area contributed by atoms with Gasteiger partial charge in [-0.15, -0.1) is 17.0 Å². The SMILES string of the molecule is C[N-]C.C[N-]C.C[N-]C.Cc1sc2ccccc2c1-c1cn(C)c(C([N-]c2c(C(C)C)cccc2C(C)C)c2c(C(C)C)cc(C(C)C)cc2C(C)C)n1.[Hf+4]. The molecule has 5 aromatic rings. The maximum atomic E-state index is 5.86. The van der Waals surface area contributed by atoms with Crippen LogP contribution in [0.4, 0.5) is 5.69 Å². The van der Waals surface area contributed by atoms with E-state index in [1.807, 2.05) is 11.3 Å². The van der Waals surface area contributed by atoms with Crippen molar-refractivity contribution in [2.24, 2.45) is 7.05 Å². The first-order valence-electron chi connectivity index (χ1n) is 19.5. The fourth-order valence-corrected chi connectivity index (χ4v) is 7.78. The summed E-state index contributed by atoms with van der Waals surface area (Å²) in [6, 6.07) is 20.1. The van der Waals surface area contributed by atoms with Crippen molar-refractivity contribution in [3.8, 4) is 11.3 Å². The fraction of sp³-hybridized carbons (Fsp3) is 0.511. The molecule has 0 fully saturated rings. The molecule has 2 heterocycles. The Labute approximate surface area is 358 Å². The van der Waals surface area contributed by atoms with Crippen LogP contribution in [0.2, 0.25) is 0 Å². The van der Waals surface area contributed by atoms with Crippen LogP contribution in [-0.4, -0.2) is 51.8 Å². The van der Waals surface area contributed by atoms with Gasteiger partial charge in [-0.05, 0) is 70.9 Å². The Kier molecular flexibility index (Phi) is 22.2. The quantitative estimate of drug-likeness (QED) is 0.129.